The molecule has 0 aliphatic carbocycles. The minimum atomic E-state index is -0.609. The van der Waals surface area contributed by atoms with Crippen LogP contribution in [-0.4, -0.2) is 12.0 Å². The second-order valence-electron chi connectivity index (χ2n) is 2.99. The summed E-state index contributed by atoms with van der Waals surface area (Å²) in [5, 5.41) is 0.598. The van der Waals surface area contributed by atoms with Crippen molar-refractivity contribution in [2.75, 3.05) is 0 Å². The molecule has 82 valence electrons. The molecular formula is C10H11BrClNO2. The molecule has 1 amide bonds. The topological polar surface area (TPSA) is 52.3 Å². The smallest absolute Gasteiger partial charge is 0.258 e. The zero-order chi connectivity index (χ0) is 11.4. The molecule has 0 saturated carbocycles. The number of rotatable bonds is 4. The molecule has 0 fully saturated rings. The Morgan fingerprint density at radius 3 is 2.80 bits per heavy atom. The Kier molecular flexibility index (Phi) is 4.42. The van der Waals surface area contributed by atoms with Gasteiger partial charge >= 0.3 is 0 Å². The van der Waals surface area contributed by atoms with E-state index in [2.05, 4.69) is 15.9 Å². The lowest BCUT2D eigenvalue weighted by atomic mass is 10.2. The molecule has 0 aromatic heterocycles. The molecule has 1 rings (SSSR count). The third kappa shape index (κ3) is 3.39. The van der Waals surface area contributed by atoms with Crippen LogP contribution in [0.1, 0.15) is 13.3 Å². The fraction of sp³-hybridized carbons (Fsp3) is 0.300. The standard InChI is InChI=1S/C10H11BrClNO2/c1-2-8(10(13)14)15-9-4-3-6(12)5-7(9)11/h3-5,8H,2H2,1H3,(H2,13,14). The molecule has 2 N–H and O–H groups in total. The van der Waals surface area contributed by atoms with Crippen molar-refractivity contribution in [3.05, 3.63) is 27.7 Å². The number of amides is 1. The van der Waals surface area contributed by atoms with Gasteiger partial charge in [-0.1, -0.05) is 18.5 Å². The van der Waals surface area contributed by atoms with Gasteiger partial charge in [-0.2, -0.15) is 0 Å². The van der Waals surface area contributed by atoms with E-state index in [1.807, 2.05) is 6.92 Å². The van der Waals surface area contributed by atoms with Crippen molar-refractivity contribution < 1.29 is 9.53 Å². The number of halogens is 2. The van der Waals surface area contributed by atoms with Crippen molar-refractivity contribution in [2.45, 2.75) is 19.4 Å². The van der Waals surface area contributed by atoms with E-state index in [1.54, 1.807) is 18.2 Å². The summed E-state index contributed by atoms with van der Waals surface area (Å²) in [5.74, 6) is 0.0874. The fourth-order valence-electron chi connectivity index (χ4n) is 1.07. The predicted molar refractivity (Wildman–Crippen MR) is 63.1 cm³/mol. The van der Waals surface area contributed by atoms with Gasteiger partial charge in [-0.25, -0.2) is 0 Å². The summed E-state index contributed by atoms with van der Waals surface area (Å²) in [5.41, 5.74) is 5.17. The summed E-state index contributed by atoms with van der Waals surface area (Å²) < 4.78 is 6.13. The van der Waals surface area contributed by atoms with Crippen molar-refractivity contribution in [1.29, 1.82) is 0 Å². The maximum Gasteiger partial charge on any atom is 0.258 e. The molecule has 5 heteroatoms. The van der Waals surface area contributed by atoms with Crippen LogP contribution in [-0.2, 0) is 4.79 Å². The van der Waals surface area contributed by atoms with Crippen molar-refractivity contribution in [1.82, 2.24) is 0 Å². The molecule has 1 atom stereocenters. The summed E-state index contributed by atoms with van der Waals surface area (Å²) >= 11 is 9.07. The Balaban J connectivity index is 2.84. The van der Waals surface area contributed by atoms with Gasteiger partial charge in [-0.05, 0) is 40.5 Å². The molecule has 1 aromatic rings. The van der Waals surface area contributed by atoms with E-state index < -0.39 is 12.0 Å². The molecule has 0 aliphatic heterocycles. The number of hydrogen-bond donors (Lipinski definition) is 1. The second-order valence-corrected chi connectivity index (χ2v) is 4.28. The Morgan fingerprint density at radius 1 is 1.67 bits per heavy atom. The Hall–Kier alpha value is -0.740. The third-order valence-corrected chi connectivity index (χ3v) is 2.71. The van der Waals surface area contributed by atoms with Crippen LogP contribution in [0.5, 0.6) is 5.75 Å². The van der Waals surface area contributed by atoms with Gasteiger partial charge in [0.15, 0.2) is 6.10 Å². The van der Waals surface area contributed by atoms with E-state index in [9.17, 15) is 4.79 Å². The van der Waals surface area contributed by atoms with Gasteiger partial charge in [0.2, 0.25) is 0 Å². The molecule has 0 heterocycles. The first-order valence-corrected chi connectivity index (χ1v) is 5.62. The molecule has 0 aliphatic rings. The van der Waals surface area contributed by atoms with Crippen LogP contribution in [0.15, 0.2) is 22.7 Å². The molecule has 3 nitrogen and oxygen atoms in total. The van der Waals surface area contributed by atoms with Gasteiger partial charge in [0.1, 0.15) is 5.75 Å². The summed E-state index contributed by atoms with van der Waals surface area (Å²) in [6.07, 6.45) is -0.0767. The molecule has 0 spiro atoms. The highest BCUT2D eigenvalue weighted by Crippen LogP contribution is 2.29. The summed E-state index contributed by atoms with van der Waals surface area (Å²) in [7, 11) is 0. The fourth-order valence-corrected chi connectivity index (χ4v) is 1.84. The zero-order valence-electron chi connectivity index (χ0n) is 8.17. The minimum absolute atomic E-state index is 0.473. The van der Waals surface area contributed by atoms with Crippen molar-refractivity contribution in [3.8, 4) is 5.75 Å². The van der Waals surface area contributed by atoms with Gasteiger partial charge in [0.05, 0.1) is 4.47 Å². The van der Waals surface area contributed by atoms with Crippen molar-refractivity contribution >= 4 is 33.4 Å². The van der Waals surface area contributed by atoms with E-state index in [-0.39, 0.29) is 0 Å². The van der Waals surface area contributed by atoms with Crippen LogP contribution < -0.4 is 10.5 Å². The molecule has 0 saturated heterocycles. The summed E-state index contributed by atoms with van der Waals surface area (Å²) in [4.78, 5) is 11.0. The van der Waals surface area contributed by atoms with Gasteiger partial charge in [0.25, 0.3) is 5.91 Å². The first-order chi connectivity index (χ1) is 7.04. The lowest BCUT2D eigenvalue weighted by molar-refractivity contribution is -0.124. The monoisotopic (exact) mass is 291 g/mol. The van der Waals surface area contributed by atoms with Gasteiger partial charge < -0.3 is 10.5 Å². The quantitative estimate of drug-likeness (QED) is 0.927. The molecule has 1 aromatic carbocycles. The number of hydrogen-bond acceptors (Lipinski definition) is 2. The van der Waals surface area contributed by atoms with Crippen LogP contribution in [0.2, 0.25) is 5.02 Å². The predicted octanol–water partition coefficient (Wildman–Crippen LogP) is 2.75. The van der Waals surface area contributed by atoms with E-state index in [1.165, 1.54) is 0 Å². The SMILES string of the molecule is CCC(Oc1ccc(Cl)cc1Br)C(N)=O. The Bertz CT molecular complexity index is 370. The average Bonchev–Trinajstić information content (AvgIpc) is 2.16. The van der Waals surface area contributed by atoms with Gasteiger partial charge in [-0.15, -0.1) is 0 Å². The number of carbonyl (C=O) groups excluding carboxylic acids is 1. The first-order valence-electron chi connectivity index (χ1n) is 4.45. The maximum atomic E-state index is 11.0. The molecular weight excluding hydrogens is 281 g/mol. The molecule has 1 unspecified atom stereocenters. The normalized spacial score (nSPS) is 12.2. The summed E-state index contributed by atoms with van der Waals surface area (Å²) in [6.45, 7) is 1.83. The Morgan fingerprint density at radius 2 is 2.33 bits per heavy atom. The highest BCUT2D eigenvalue weighted by Gasteiger charge is 2.15. The first kappa shape index (κ1) is 12.3. The lowest BCUT2D eigenvalue weighted by Crippen LogP contribution is -2.33. The summed E-state index contributed by atoms with van der Waals surface area (Å²) in [6, 6.07) is 5.08. The van der Waals surface area contributed by atoms with Crippen LogP contribution in [0.3, 0.4) is 0 Å². The lowest BCUT2D eigenvalue weighted by Gasteiger charge is -2.15. The van der Waals surface area contributed by atoms with E-state index in [0.717, 1.165) is 0 Å². The van der Waals surface area contributed by atoms with Crippen molar-refractivity contribution in [2.24, 2.45) is 5.73 Å². The van der Waals surface area contributed by atoms with Crippen LogP contribution >= 0.6 is 27.5 Å². The highest BCUT2D eigenvalue weighted by molar-refractivity contribution is 9.10. The number of ether oxygens (including phenoxy) is 1. The van der Waals surface area contributed by atoms with Crippen LogP contribution in [0.4, 0.5) is 0 Å². The molecule has 0 radical (unpaired) electrons. The minimum Gasteiger partial charge on any atom is -0.479 e. The van der Waals surface area contributed by atoms with Crippen LogP contribution in [0, 0.1) is 0 Å². The van der Waals surface area contributed by atoms with Crippen molar-refractivity contribution in [3.63, 3.8) is 0 Å². The second kappa shape index (κ2) is 5.37. The average molecular weight is 293 g/mol. The number of benzene rings is 1. The van der Waals surface area contributed by atoms with E-state index >= 15 is 0 Å². The zero-order valence-corrected chi connectivity index (χ0v) is 10.5. The molecule has 15 heavy (non-hydrogen) atoms. The largest absolute Gasteiger partial charge is 0.479 e. The molecule has 0 bridgehead atoms. The van der Waals surface area contributed by atoms with Crippen LogP contribution in [0.25, 0.3) is 0 Å². The van der Waals surface area contributed by atoms with E-state index in [4.69, 9.17) is 22.1 Å². The number of primary amides is 1. The number of nitrogens with two attached hydrogens (primary N) is 1. The van der Waals surface area contributed by atoms with Gasteiger partial charge in [0, 0.05) is 5.02 Å². The van der Waals surface area contributed by atoms with E-state index in [0.29, 0.717) is 21.7 Å². The highest BCUT2D eigenvalue weighted by atomic mass is 79.9. The Labute approximate surface area is 102 Å². The van der Waals surface area contributed by atoms with Gasteiger partial charge in [-0.3, -0.25) is 4.79 Å². The number of carbonyl (C=O) groups is 1. The third-order valence-electron chi connectivity index (χ3n) is 1.85. The maximum absolute atomic E-state index is 11.0.